The molecule has 0 saturated carbocycles. The van der Waals surface area contributed by atoms with Crippen LogP contribution in [0.2, 0.25) is 0 Å². The van der Waals surface area contributed by atoms with Crippen molar-refractivity contribution in [3.63, 3.8) is 0 Å². The first-order valence-electron chi connectivity index (χ1n) is 6.86. The maximum absolute atomic E-state index is 3.57. The van der Waals surface area contributed by atoms with E-state index in [0.29, 0.717) is 11.5 Å². The van der Waals surface area contributed by atoms with Crippen molar-refractivity contribution in [2.75, 3.05) is 19.6 Å². The molecule has 1 saturated heterocycles. The van der Waals surface area contributed by atoms with Crippen LogP contribution in [0.15, 0.2) is 0 Å². The molecule has 16 heavy (non-hydrogen) atoms. The summed E-state index contributed by atoms with van der Waals surface area (Å²) in [5, 5.41) is 3.57. The zero-order valence-corrected chi connectivity index (χ0v) is 11.8. The summed E-state index contributed by atoms with van der Waals surface area (Å²) in [6, 6.07) is 1.40. The van der Waals surface area contributed by atoms with Gasteiger partial charge in [-0.25, -0.2) is 0 Å². The molecule has 1 N–H and O–H groups in total. The molecular formula is C14H30N2. The van der Waals surface area contributed by atoms with E-state index < -0.39 is 0 Å². The van der Waals surface area contributed by atoms with Crippen LogP contribution in [0.1, 0.15) is 53.9 Å². The maximum Gasteiger partial charge on any atom is 0.0221 e. The molecule has 0 spiro atoms. The molecule has 1 unspecified atom stereocenters. The second-order valence-corrected chi connectivity index (χ2v) is 6.71. The summed E-state index contributed by atoms with van der Waals surface area (Å²) >= 11 is 0. The van der Waals surface area contributed by atoms with Crippen molar-refractivity contribution in [1.29, 1.82) is 0 Å². The van der Waals surface area contributed by atoms with Gasteiger partial charge in [0, 0.05) is 18.6 Å². The van der Waals surface area contributed by atoms with Crippen molar-refractivity contribution in [1.82, 2.24) is 10.2 Å². The van der Waals surface area contributed by atoms with Crippen LogP contribution >= 0.6 is 0 Å². The molecule has 2 heteroatoms. The SMILES string of the molecule is CC(C)NCC1CCCN1CCC(C)(C)C. The smallest absolute Gasteiger partial charge is 0.0221 e. The molecule has 0 aromatic heterocycles. The van der Waals surface area contributed by atoms with E-state index in [4.69, 9.17) is 0 Å². The van der Waals surface area contributed by atoms with Crippen molar-refractivity contribution in [3.05, 3.63) is 0 Å². The Morgan fingerprint density at radius 2 is 2.00 bits per heavy atom. The lowest BCUT2D eigenvalue weighted by Gasteiger charge is -2.28. The quantitative estimate of drug-likeness (QED) is 0.775. The van der Waals surface area contributed by atoms with Crippen LogP contribution < -0.4 is 5.32 Å². The van der Waals surface area contributed by atoms with Crippen LogP contribution in [0.3, 0.4) is 0 Å². The van der Waals surface area contributed by atoms with E-state index in [2.05, 4.69) is 44.8 Å². The Bertz CT molecular complexity index is 193. The second kappa shape index (κ2) is 6.02. The molecule has 1 rings (SSSR count). The lowest BCUT2D eigenvalue weighted by Crippen LogP contribution is -2.41. The van der Waals surface area contributed by atoms with Gasteiger partial charge in [0.2, 0.25) is 0 Å². The van der Waals surface area contributed by atoms with E-state index in [1.54, 1.807) is 0 Å². The number of likely N-dealkylation sites (tertiary alicyclic amines) is 1. The minimum absolute atomic E-state index is 0.471. The third-order valence-corrected chi connectivity index (χ3v) is 3.41. The maximum atomic E-state index is 3.57. The van der Waals surface area contributed by atoms with Gasteiger partial charge >= 0.3 is 0 Å². The van der Waals surface area contributed by atoms with E-state index in [-0.39, 0.29) is 0 Å². The number of hydrogen-bond donors (Lipinski definition) is 1. The highest BCUT2D eigenvalue weighted by Gasteiger charge is 2.25. The summed E-state index contributed by atoms with van der Waals surface area (Å²) < 4.78 is 0. The highest BCUT2D eigenvalue weighted by molar-refractivity contribution is 4.82. The molecule has 1 aliphatic rings. The normalized spacial score (nSPS) is 23.2. The van der Waals surface area contributed by atoms with E-state index in [9.17, 15) is 0 Å². The van der Waals surface area contributed by atoms with E-state index in [1.165, 1.54) is 38.9 Å². The minimum Gasteiger partial charge on any atom is -0.313 e. The summed E-state index contributed by atoms with van der Waals surface area (Å²) in [4.78, 5) is 2.68. The molecule has 0 aliphatic carbocycles. The highest BCUT2D eigenvalue weighted by Crippen LogP contribution is 2.23. The number of nitrogens with zero attached hydrogens (tertiary/aromatic N) is 1. The summed E-state index contributed by atoms with van der Waals surface area (Å²) in [6.45, 7) is 15.2. The predicted octanol–water partition coefficient (Wildman–Crippen LogP) is 2.89. The van der Waals surface area contributed by atoms with Gasteiger partial charge in [-0.05, 0) is 37.8 Å². The summed E-state index contributed by atoms with van der Waals surface area (Å²) in [6.07, 6.45) is 4.07. The number of hydrogen-bond acceptors (Lipinski definition) is 2. The Morgan fingerprint density at radius 1 is 1.31 bits per heavy atom. The van der Waals surface area contributed by atoms with Gasteiger partial charge in [-0.3, -0.25) is 4.90 Å². The third kappa shape index (κ3) is 5.31. The predicted molar refractivity (Wildman–Crippen MR) is 71.8 cm³/mol. The summed E-state index contributed by atoms with van der Waals surface area (Å²) in [7, 11) is 0. The molecule has 0 amide bonds. The van der Waals surface area contributed by atoms with Gasteiger partial charge < -0.3 is 5.32 Å². The van der Waals surface area contributed by atoms with E-state index in [1.807, 2.05) is 0 Å². The Morgan fingerprint density at radius 3 is 2.56 bits per heavy atom. The lowest BCUT2D eigenvalue weighted by molar-refractivity contribution is 0.207. The van der Waals surface area contributed by atoms with Crippen LogP contribution in [0.4, 0.5) is 0 Å². The minimum atomic E-state index is 0.471. The fourth-order valence-electron chi connectivity index (χ4n) is 2.27. The van der Waals surface area contributed by atoms with Gasteiger partial charge in [-0.15, -0.1) is 0 Å². The molecule has 2 nitrogen and oxygen atoms in total. The molecule has 1 fully saturated rings. The molecule has 0 aromatic rings. The molecule has 1 heterocycles. The fraction of sp³-hybridized carbons (Fsp3) is 1.00. The van der Waals surface area contributed by atoms with E-state index >= 15 is 0 Å². The Hall–Kier alpha value is -0.0800. The molecule has 1 atom stereocenters. The van der Waals surface area contributed by atoms with Gasteiger partial charge in [0.15, 0.2) is 0 Å². The van der Waals surface area contributed by atoms with Crippen molar-refractivity contribution < 1.29 is 0 Å². The van der Waals surface area contributed by atoms with Crippen LogP contribution in [-0.4, -0.2) is 36.6 Å². The molecule has 1 aliphatic heterocycles. The van der Waals surface area contributed by atoms with Gasteiger partial charge in [-0.1, -0.05) is 34.6 Å². The largest absolute Gasteiger partial charge is 0.313 e. The fourth-order valence-corrected chi connectivity index (χ4v) is 2.27. The van der Waals surface area contributed by atoms with Crippen molar-refractivity contribution in [3.8, 4) is 0 Å². The highest BCUT2D eigenvalue weighted by atomic mass is 15.2. The Kier molecular flexibility index (Phi) is 5.26. The molecule has 0 radical (unpaired) electrons. The molecule has 0 aromatic carbocycles. The molecule has 0 bridgehead atoms. The topological polar surface area (TPSA) is 15.3 Å². The lowest BCUT2D eigenvalue weighted by atomic mass is 9.92. The zero-order chi connectivity index (χ0) is 12.2. The standard InChI is InChI=1S/C14H30N2/c1-12(2)15-11-13-7-6-9-16(13)10-8-14(3,4)5/h12-13,15H,6-11H2,1-5H3. The Balaban J connectivity index is 2.29. The van der Waals surface area contributed by atoms with Crippen molar-refractivity contribution in [2.24, 2.45) is 5.41 Å². The zero-order valence-electron chi connectivity index (χ0n) is 11.8. The van der Waals surface area contributed by atoms with Gasteiger partial charge in [0.25, 0.3) is 0 Å². The van der Waals surface area contributed by atoms with E-state index in [0.717, 1.165) is 6.04 Å². The molecule has 96 valence electrons. The van der Waals surface area contributed by atoms with Gasteiger partial charge in [0.1, 0.15) is 0 Å². The van der Waals surface area contributed by atoms with Crippen LogP contribution in [0.5, 0.6) is 0 Å². The Labute approximate surface area is 102 Å². The van der Waals surface area contributed by atoms with Gasteiger partial charge in [-0.2, -0.15) is 0 Å². The average molecular weight is 226 g/mol. The number of rotatable bonds is 5. The average Bonchev–Trinajstić information content (AvgIpc) is 2.57. The first-order chi connectivity index (χ1) is 7.38. The number of nitrogens with one attached hydrogen (secondary N) is 1. The van der Waals surface area contributed by atoms with Gasteiger partial charge in [0.05, 0.1) is 0 Å². The van der Waals surface area contributed by atoms with Crippen molar-refractivity contribution in [2.45, 2.75) is 66.0 Å². The van der Waals surface area contributed by atoms with Crippen LogP contribution in [0.25, 0.3) is 0 Å². The van der Waals surface area contributed by atoms with Crippen molar-refractivity contribution >= 4 is 0 Å². The first kappa shape index (κ1) is 14.0. The van der Waals surface area contributed by atoms with Crippen LogP contribution in [0, 0.1) is 5.41 Å². The summed E-state index contributed by atoms with van der Waals surface area (Å²) in [5.41, 5.74) is 0.471. The molecular weight excluding hydrogens is 196 g/mol. The summed E-state index contributed by atoms with van der Waals surface area (Å²) in [5.74, 6) is 0. The second-order valence-electron chi connectivity index (χ2n) is 6.71. The first-order valence-corrected chi connectivity index (χ1v) is 6.86. The van der Waals surface area contributed by atoms with Crippen LogP contribution in [-0.2, 0) is 0 Å². The third-order valence-electron chi connectivity index (χ3n) is 3.41. The monoisotopic (exact) mass is 226 g/mol.